The monoisotopic (exact) mass is 352 g/mol. The molecule has 1 aromatic carbocycles. The Hall–Kier alpha value is -2.77. The average molecular weight is 352 g/mol. The Morgan fingerprint density at radius 1 is 1.08 bits per heavy atom. The number of amides is 2. The fourth-order valence-corrected chi connectivity index (χ4v) is 1.87. The zero-order chi connectivity index (χ0) is 19.0. The Balaban J connectivity index is 2.56. The van der Waals surface area contributed by atoms with Crippen LogP contribution in [0.3, 0.4) is 0 Å². The SMILES string of the molecule is CC(NC(=O)OC(C)(C)C)[C@H](NC(=O)OCc1ccccc1)C(=O)O. The Kier molecular flexibility index (Phi) is 7.22. The van der Waals surface area contributed by atoms with E-state index in [2.05, 4.69) is 10.6 Å². The van der Waals surface area contributed by atoms with Crippen LogP contribution in [0.4, 0.5) is 9.59 Å². The van der Waals surface area contributed by atoms with Crippen molar-refractivity contribution in [3.8, 4) is 0 Å². The van der Waals surface area contributed by atoms with Gasteiger partial charge in [-0.05, 0) is 33.3 Å². The van der Waals surface area contributed by atoms with Crippen molar-refractivity contribution in [3.05, 3.63) is 35.9 Å². The number of hydrogen-bond acceptors (Lipinski definition) is 5. The maximum absolute atomic E-state index is 11.8. The molecule has 138 valence electrons. The maximum atomic E-state index is 11.8. The molecule has 0 aliphatic heterocycles. The number of alkyl carbamates (subject to hydrolysis) is 2. The lowest BCUT2D eigenvalue weighted by molar-refractivity contribution is -0.140. The van der Waals surface area contributed by atoms with Crippen molar-refractivity contribution in [2.24, 2.45) is 0 Å². The quantitative estimate of drug-likeness (QED) is 0.724. The van der Waals surface area contributed by atoms with Crippen LogP contribution in [0.15, 0.2) is 30.3 Å². The van der Waals surface area contributed by atoms with Crippen molar-refractivity contribution < 1.29 is 29.0 Å². The summed E-state index contributed by atoms with van der Waals surface area (Å²) in [7, 11) is 0. The Morgan fingerprint density at radius 2 is 1.68 bits per heavy atom. The van der Waals surface area contributed by atoms with Gasteiger partial charge in [-0.2, -0.15) is 0 Å². The summed E-state index contributed by atoms with van der Waals surface area (Å²) in [4.78, 5) is 34.9. The summed E-state index contributed by atoms with van der Waals surface area (Å²) >= 11 is 0. The lowest BCUT2D eigenvalue weighted by Crippen LogP contribution is -2.54. The van der Waals surface area contributed by atoms with E-state index in [4.69, 9.17) is 9.47 Å². The van der Waals surface area contributed by atoms with Crippen LogP contribution in [0, 0.1) is 0 Å². The normalized spacial score (nSPS) is 13.3. The van der Waals surface area contributed by atoms with Gasteiger partial charge in [0.15, 0.2) is 0 Å². The first kappa shape index (κ1) is 20.3. The Labute approximate surface area is 146 Å². The summed E-state index contributed by atoms with van der Waals surface area (Å²) in [5.74, 6) is -1.31. The van der Waals surface area contributed by atoms with Crippen LogP contribution in [0.2, 0.25) is 0 Å². The number of carbonyl (C=O) groups excluding carboxylic acids is 2. The van der Waals surface area contributed by atoms with E-state index in [1.807, 2.05) is 6.07 Å². The van der Waals surface area contributed by atoms with Crippen LogP contribution < -0.4 is 10.6 Å². The number of carbonyl (C=O) groups is 3. The molecule has 1 rings (SSSR count). The van der Waals surface area contributed by atoms with Crippen LogP contribution in [0.5, 0.6) is 0 Å². The lowest BCUT2D eigenvalue weighted by Gasteiger charge is -2.25. The highest BCUT2D eigenvalue weighted by Gasteiger charge is 2.29. The molecule has 0 bridgehead atoms. The van der Waals surface area contributed by atoms with E-state index in [1.165, 1.54) is 6.92 Å². The van der Waals surface area contributed by atoms with Crippen molar-refractivity contribution >= 4 is 18.2 Å². The zero-order valence-electron chi connectivity index (χ0n) is 14.7. The molecule has 0 fully saturated rings. The van der Waals surface area contributed by atoms with Gasteiger partial charge in [-0.3, -0.25) is 0 Å². The van der Waals surface area contributed by atoms with Crippen molar-refractivity contribution in [2.75, 3.05) is 0 Å². The standard InChI is InChI=1S/C17H24N2O6/c1-11(18-16(23)25-17(2,3)4)13(14(20)21)19-15(22)24-10-12-8-6-5-7-9-12/h5-9,11,13H,10H2,1-4H3,(H,18,23)(H,19,22)(H,20,21)/t11?,13-/m0/s1. The van der Waals surface area contributed by atoms with Crippen molar-refractivity contribution in [3.63, 3.8) is 0 Å². The Morgan fingerprint density at radius 3 is 2.20 bits per heavy atom. The molecular formula is C17H24N2O6. The largest absolute Gasteiger partial charge is 0.480 e. The predicted molar refractivity (Wildman–Crippen MR) is 90.0 cm³/mol. The van der Waals surface area contributed by atoms with E-state index < -0.39 is 35.8 Å². The molecule has 1 unspecified atom stereocenters. The van der Waals surface area contributed by atoms with Crippen molar-refractivity contribution in [1.29, 1.82) is 0 Å². The van der Waals surface area contributed by atoms with Crippen molar-refractivity contribution in [2.45, 2.75) is 52.0 Å². The lowest BCUT2D eigenvalue weighted by atomic mass is 10.1. The van der Waals surface area contributed by atoms with Gasteiger partial charge in [0.25, 0.3) is 0 Å². The summed E-state index contributed by atoms with van der Waals surface area (Å²) in [5.41, 5.74) is 0.0503. The second-order valence-corrected chi connectivity index (χ2v) is 6.46. The smallest absolute Gasteiger partial charge is 0.408 e. The summed E-state index contributed by atoms with van der Waals surface area (Å²) < 4.78 is 10.0. The fourth-order valence-electron chi connectivity index (χ4n) is 1.87. The summed E-state index contributed by atoms with van der Waals surface area (Å²) in [6, 6.07) is 6.69. The van der Waals surface area contributed by atoms with E-state index >= 15 is 0 Å². The third kappa shape index (κ3) is 8.05. The average Bonchev–Trinajstić information content (AvgIpc) is 2.49. The molecule has 8 heteroatoms. The summed E-state index contributed by atoms with van der Waals surface area (Å²) in [6.45, 7) is 6.51. The number of hydrogen-bond donors (Lipinski definition) is 3. The second kappa shape index (κ2) is 8.91. The van der Waals surface area contributed by atoms with Gasteiger partial charge in [0.1, 0.15) is 18.2 Å². The molecule has 0 aliphatic carbocycles. The van der Waals surface area contributed by atoms with Crippen molar-refractivity contribution in [1.82, 2.24) is 10.6 Å². The maximum Gasteiger partial charge on any atom is 0.408 e. The van der Waals surface area contributed by atoms with Gasteiger partial charge in [-0.1, -0.05) is 30.3 Å². The molecule has 1 aromatic rings. The molecule has 25 heavy (non-hydrogen) atoms. The highest BCUT2D eigenvalue weighted by Crippen LogP contribution is 2.07. The van der Waals surface area contributed by atoms with Gasteiger partial charge >= 0.3 is 18.2 Å². The first-order valence-electron chi connectivity index (χ1n) is 7.78. The number of aliphatic carboxylic acids is 1. The first-order chi connectivity index (χ1) is 11.6. The zero-order valence-corrected chi connectivity index (χ0v) is 14.7. The van der Waals surface area contributed by atoms with E-state index in [0.717, 1.165) is 5.56 Å². The van der Waals surface area contributed by atoms with Gasteiger partial charge in [0.05, 0.1) is 6.04 Å². The molecule has 0 aliphatic rings. The number of nitrogens with one attached hydrogen (secondary N) is 2. The number of ether oxygens (including phenoxy) is 2. The van der Waals surface area contributed by atoms with Gasteiger partial charge in [0.2, 0.25) is 0 Å². The number of carboxylic acid groups (broad SMARTS) is 1. The predicted octanol–water partition coefficient (Wildman–Crippen LogP) is 2.28. The fraction of sp³-hybridized carbons (Fsp3) is 0.471. The van der Waals surface area contributed by atoms with E-state index in [1.54, 1.807) is 45.0 Å². The molecule has 8 nitrogen and oxygen atoms in total. The highest BCUT2D eigenvalue weighted by molar-refractivity contribution is 5.81. The van der Waals surface area contributed by atoms with Crippen LogP contribution in [0.25, 0.3) is 0 Å². The molecule has 2 amide bonds. The second-order valence-electron chi connectivity index (χ2n) is 6.46. The molecule has 0 radical (unpaired) electrons. The number of benzene rings is 1. The molecule has 0 spiro atoms. The molecule has 0 saturated carbocycles. The molecule has 0 aromatic heterocycles. The number of rotatable bonds is 6. The molecule has 3 N–H and O–H groups in total. The van der Waals surface area contributed by atoms with Crippen LogP contribution in [-0.4, -0.2) is 40.9 Å². The van der Waals surface area contributed by atoms with E-state index in [-0.39, 0.29) is 6.61 Å². The highest BCUT2D eigenvalue weighted by atomic mass is 16.6. The number of carboxylic acids is 1. The van der Waals surface area contributed by atoms with Gasteiger partial charge in [-0.25, -0.2) is 14.4 Å². The van der Waals surface area contributed by atoms with E-state index in [9.17, 15) is 19.5 Å². The summed E-state index contributed by atoms with van der Waals surface area (Å²) in [6.07, 6.45) is -1.67. The minimum Gasteiger partial charge on any atom is -0.480 e. The van der Waals surface area contributed by atoms with Crippen LogP contribution in [-0.2, 0) is 20.9 Å². The third-order valence-electron chi connectivity index (χ3n) is 3.00. The first-order valence-corrected chi connectivity index (χ1v) is 7.78. The van der Waals surface area contributed by atoms with E-state index in [0.29, 0.717) is 0 Å². The molecule has 2 atom stereocenters. The molecule has 0 heterocycles. The minimum absolute atomic E-state index is 0.00683. The van der Waals surface area contributed by atoms with Gasteiger partial charge in [0, 0.05) is 0 Å². The molecular weight excluding hydrogens is 328 g/mol. The third-order valence-corrected chi connectivity index (χ3v) is 3.00. The van der Waals surface area contributed by atoms with Gasteiger partial charge in [-0.15, -0.1) is 0 Å². The molecule has 0 saturated heterocycles. The summed E-state index contributed by atoms with van der Waals surface area (Å²) in [5, 5.41) is 13.9. The Bertz CT molecular complexity index is 597. The van der Waals surface area contributed by atoms with Crippen LogP contribution >= 0.6 is 0 Å². The minimum atomic E-state index is -1.37. The van der Waals surface area contributed by atoms with Crippen LogP contribution in [0.1, 0.15) is 33.3 Å². The van der Waals surface area contributed by atoms with Gasteiger partial charge < -0.3 is 25.2 Å². The topological polar surface area (TPSA) is 114 Å².